The molecule has 3 aliphatic rings. The number of hydrogen-bond acceptors (Lipinski definition) is 4. The van der Waals surface area contributed by atoms with Gasteiger partial charge >= 0.3 is 0 Å². The van der Waals surface area contributed by atoms with Gasteiger partial charge in [-0.1, -0.05) is 18.2 Å². The van der Waals surface area contributed by atoms with Gasteiger partial charge in [0.25, 0.3) is 17.9 Å². The SMILES string of the molecule is CC(NC(=O)c1cn(C2CC3(C2)CC(F)(F)C3)c(=O)cc1N[C@H]1CCN(C)C[C@H]1F)c1cccc(C(F)F)c1F. The van der Waals surface area contributed by atoms with E-state index in [1.165, 1.54) is 35.9 Å². The maximum atomic E-state index is 14.8. The third-order valence-corrected chi connectivity index (χ3v) is 8.52. The van der Waals surface area contributed by atoms with Crippen LogP contribution in [0.2, 0.25) is 0 Å². The second-order valence-electron chi connectivity index (χ2n) is 11.7. The molecule has 218 valence electrons. The molecule has 2 saturated carbocycles. The minimum Gasteiger partial charge on any atom is -0.378 e. The van der Waals surface area contributed by atoms with Gasteiger partial charge in [-0.3, -0.25) is 9.59 Å². The number of aromatic nitrogens is 1. The molecule has 1 amide bonds. The van der Waals surface area contributed by atoms with Gasteiger partial charge in [-0.05, 0) is 38.6 Å². The van der Waals surface area contributed by atoms with Gasteiger partial charge in [0.05, 0.1) is 28.9 Å². The van der Waals surface area contributed by atoms with E-state index in [0.29, 0.717) is 25.8 Å². The van der Waals surface area contributed by atoms with Gasteiger partial charge in [0, 0.05) is 49.8 Å². The Morgan fingerprint density at radius 1 is 1.15 bits per heavy atom. The molecule has 1 aromatic heterocycles. The summed E-state index contributed by atoms with van der Waals surface area (Å²) in [5, 5.41) is 5.60. The van der Waals surface area contributed by atoms with Crippen LogP contribution in [-0.2, 0) is 0 Å². The van der Waals surface area contributed by atoms with Crippen molar-refractivity contribution in [1.82, 2.24) is 14.8 Å². The van der Waals surface area contributed by atoms with Crippen molar-refractivity contribution >= 4 is 11.6 Å². The lowest BCUT2D eigenvalue weighted by Gasteiger charge is -2.57. The maximum absolute atomic E-state index is 14.8. The molecular weight excluding hydrogens is 538 g/mol. The molecule has 2 heterocycles. The van der Waals surface area contributed by atoms with Crippen LogP contribution in [0.25, 0.3) is 0 Å². The van der Waals surface area contributed by atoms with Crippen LogP contribution in [0.3, 0.4) is 0 Å². The zero-order valence-corrected chi connectivity index (χ0v) is 22.2. The first-order valence-corrected chi connectivity index (χ1v) is 13.4. The number of rotatable bonds is 7. The van der Waals surface area contributed by atoms with E-state index in [9.17, 15) is 35.9 Å². The first-order valence-electron chi connectivity index (χ1n) is 13.4. The molecule has 1 unspecified atom stereocenters. The number of alkyl halides is 5. The van der Waals surface area contributed by atoms with Gasteiger partial charge in [0.1, 0.15) is 12.0 Å². The van der Waals surface area contributed by atoms with Gasteiger partial charge in [0.2, 0.25) is 5.92 Å². The third-order valence-electron chi connectivity index (χ3n) is 8.52. The fourth-order valence-electron chi connectivity index (χ4n) is 6.45. The molecule has 1 aromatic carbocycles. The van der Waals surface area contributed by atoms with E-state index in [1.807, 2.05) is 4.90 Å². The van der Waals surface area contributed by atoms with Gasteiger partial charge in [0.15, 0.2) is 0 Å². The molecule has 2 aliphatic carbocycles. The fourth-order valence-corrected chi connectivity index (χ4v) is 6.45. The number of halogens is 6. The van der Waals surface area contributed by atoms with Crippen molar-refractivity contribution in [2.75, 3.05) is 25.5 Å². The molecule has 1 spiro atoms. The van der Waals surface area contributed by atoms with Crippen molar-refractivity contribution in [2.45, 2.75) is 75.7 Å². The zero-order valence-electron chi connectivity index (χ0n) is 22.2. The molecule has 1 aliphatic heterocycles. The van der Waals surface area contributed by atoms with Crippen LogP contribution in [0.15, 0.2) is 35.3 Å². The molecule has 2 N–H and O–H groups in total. The topological polar surface area (TPSA) is 66.4 Å². The molecule has 3 atom stereocenters. The highest BCUT2D eigenvalue weighted by Gasteiger charge is 2.62. The Labute approximate surface area is 227 Å². The highest BCUT2D eigenvalue weighted by Crippen LogP contribution is 2.65. The summed E-state index contributed by atoms with van der Waals surface area (Å²) >= 11 is 0. The largest absolute Gasteiger partial charge is 0.378 e. The van der Waals surface area contributed by atoms with E-state index in [0.717, 1.165) is 6.07 Å². The highest BCUT2D eigenvalue weighted by molar-refractivity contribution is 5.99. The van der Waals surface area contributed by atoms with Crippen LogP contribution in [0, 0.1) is 11.2 Å². The minimum absolute atomic E-state index is 0.0112. The normalized spacial score (nSPS) is 24.8. The van der Waals surface area contributed by atoms with Crippen LogP contribution in [0.1, 0.15) is 79.0 Å². The fraction of sp³-hybridized carbons (Fsp3) is 0.571. The van der Waals surface area contributed by atoms with Gasteiger partial charge in [-0.25, -0.2) is 26.3 Å². The predicted molar refractivity (Wildman–Crippen MR) is 137 cm³/mol. The first-order chi connectivity index (χ1) is 18.8. The summed E-state index contributed by atoms with van der Waals surface area (Å²) in [4.78, 5) is 28.4. The summed E-state index contributed by atoms with van der Waals surface area (Å²) in [6.07, 6.45) is -2.27. The van der Waals surface area contributed by atoms with Crippen molar-refractivity contribution in [3.63, 3.8) is 0 Å². The number of carbonyl (C=O) groups is 1. The maximum Gasteiger partial charge on any atom is 0.266 e. The number of nitrogens with one attached hydrogen (secondary N) is 2. The van der Waals surface area contributed by atoms with Gasteiger partial charge in [-0.2, -0.15) is 0 Å². The lowest BCUT2D eigenvalue weighted by Crippen LogP contribution is -2.55. The smallest absolute Gasteiger partial charge is 0.266 e. The Bertz CT molecular complexity index is 1330. The van der Waals surface area contributed by atoms with Gasteiger partial charge < -0.3 is 20.1 Å². The molecule has 2 aromatic rings. The second kappa shape index (κ2) is 10.4. The highest BCUT2D eigenvalue weighted by atomic mass is 19.3. The molecule has 1 saturated heterocycles. The molecule has 40 heavy (non-hydrogen) atoms. The quantitative estimate of drug-likeness (QED) is 0.424. The van der Waals surface area contributed by atoms with Gasteiger partial charge in [-0.15, -0.1) is 0 Å². The predicted octanol–water partition coefficient (Wildman–Crippen LogP) is 5.62. The summed E-state index contributed by atoms with van der Waals surface area (Å²) in [5.74, 6) is -4.55. The summed E-state index contributed by atoms with van der Waals surface area (Å²) in [6.45, 7) is 2.21. The van der Waals surface area contributed by atoms with Crippen molar-refractivity contribution in [3.8, 4) is 0 Å². The summed E-state index contributed by atoms with van der Waals surface area (Å²) in [7, 11) is 1.79. The standard InChI is InChI=1S/C28H32F6N4O2/c1-15(17-4-3-5-18(24(17)30)25(31)32)35-26(40)19-11-38(16-9-27(10-16)13-28(33,34)14-27)23(39)8-22(19)36-21-6-7-37(2)12-20(21)29/h3-5,8,11,15-16,20-21,25,36H,6-7,9-10,12-14H2,1-2H3,(H,35,40)/t15?,20-,21+/m1/s1. The second-order valence-corrected chi connectivity index (χ2v) is 11.7. The minimum atomic E-state index is -3.04. The molecule has 0 radical (unpaired) electrons. The van der Waals surface area contributed by atoms with Crippen LogP contribution in [0.4, 0.5) is 32.0 Å². The van der Waals surface area contributed by atoms with E-state index in [-0.39, 0.29) is 42.2 Å². The number of carbonyl (C=O) groups excluding carboxylic acids is 1. The lowest BCUT2D eigenvalue weighted by molar-refractivity contribution is -0.203. The Hall–Kier alpha value is -3.02. The molecule has 0 bridgehead atoms. The number of pyridine rings is 1. The lowest BCUT2D eigenvalue weighted by atomic mass is 9.52. The average Bonchev–Trinajstić information content (AvgIpc) is 2.82. The molecule has 5 rings (SSSR count). The van der Waals surface area contributed by atoms with Crippen LogP contribution >= 0.6 is 0 Å². The number of piperidine rings is 1. The van der Waals surface area contributed by atoms with E-state index >= 15 is 0 Å². The van der Waals surface area contributed by atoms with E-state index < -0.39 is 58.9 Å². The van der Waals surface area contributed by atoms with E-state index in [2.05, 4.69) is 10.6 Å². The van der Waals surface area contributed by atoms with Crippen LogP contribution in [-0.4, -0.2) is 53.6 Å². The monoisotopic (exact) mass is 570 g/mol. The van der Waals surface area contributed by atoms with Crippen molar-refractivity contribution in [3.05, 3.63) is 63.3 Å². The van der Waals surface area contributed by atoms with Crippen molar-refractivity contribution in [1.29, 1.82) is 0 Å². The van der Waals surface area contributed by atoms with Crippen molar-refractivity contribution in [2.24, 2.45) is 5.41 Å². The summed E-state index contributed by atoms with van der Waals surface area (Å²) in [6, 6.07) is 2.67. The number of amides is 1. The summed E-state index contributed by atoms with van der Waals surface area (Å²) < 4.78 is 84.3. The van der Waals surface area contributed by atoms with E-state index in [4.69, 9.17) is 0 Å². The Morgan fingerprint density at radius 2 is 1.82 bits per heavy atom. The molecule has 3 fully saturated rings. The summed E-state index contributed by atoms with van der Waals surface area (Å²) in [5.41, 5.74) is -1.81. The molecule has 6 nitrogen and oxygen atoms in total. The number of likely N-dealkylation sites (tertiary alicyclic amines) is 1. The third kappa shape index (κ3) is 5.46. The first kappa shape index (κ1) is 28.5. The Balaban J connectivity index is 1.42. The van der Waals surface area contributed by atoms with Crippen LogP contribution in [0.5, 0.6) is 0 Å². The van der Waals surface area contributed by atoms with Crippen LogP contribution < -0.4 is 16.2 Å². The zero-order chi connectivity index (χ0) is 29.0. The number of hydrogen-bond donors (Lipinski definition) is 2. The molecular formula is C28H32F6N4O2. The number of benzene rings is 1. The van der Waals surface area contributed by atoms with E-state index in [1.54, 1.807) is 7.05 Å². The average molecular weight is 571 g/mol. The number of nitrogens with zero attached hydrogens (tertiary/aromatic N) is 2. The Morgan fingerprint density at radius 3 is 2.45 bits per heavy atom. The number of anilines is 1. The molecule has 12 heteroatoms. The Kier molecular flexibility index (Phi) is 7.43. The van der Waals surface area contributed by atoms with Crippen molar-refractivity contribution < 1.29 is 31.1 Å².